The SMILES string of the molecule is COc1ccc(N2CCN(Cc3cccnc3)C2=O)cc1. The molecule has 3 rings (SSSR count). The molecule has 0 unspecified atom stereocenters. The van der Waals surface area contributed by atoms with Gasteiger partial charge in [-0.15, -0.1) is 0 Å². The number of pyridine rings is 1. The molecule has 5 heteroatoms. The summed E-state index contributed by atoms with van der Waals surface area (Å²) in [5.41, 5.74) is 1.94. The fourth-order valence-corrected chi connectivity index (χ4v) is 2.44. The molecule has 0 N–H and O–H groups in total. The number of benzene rings is 1. The number of carbonyl (C=O) groups is 1. The van der Waals surface area contributed by atoms with Gasteiger partial charge < -0.3 is 9.64 Å². The Bertz CT molecular complexity index is 613. The molecular formula is C16H17N3O2. The van der Waals surface area contributed by atoms with E-state index in [-0.39, 0.29) is 6.03 Å². The van der Waals surface area contributed by atoms with Gasteiger partial charge in [0.05, 0.1) is 7.11 Å². The van der Waals surface area contributed by atoms with Crippen LogP contribution in [0.25, 0.3) is 0 Å². The number of hydrogen-bond acceptors (Lipinski definition) is 3. The normalized spacial score (nSPS) is 14.6. The third kappa shape index (κ3) is 2.81. The topological polar surface area (TPSA) is 45.7 Å². The Morgan fingerprint density at radius 3 is 2.67 bits per heavy atom. The third-order valence-electron chi connectivity index (χ3n) is 3.58. The maximum Gasteiger partial charge on any atom is 0.324 e. The maximum atomic E-state index is 12.5. The van der Waals surface area contributed by atoms with Crippen LogP contribution in [0.2, 0.25) is 0 Å². The lowest BCUT2D eigenvalue weighted by atomic mass is 10.3. The molecule has 1 aliphatic heterocycles. The lowest BCUT2D eigenvalue weighted by molar-refractivity contribution is 0.218. The van der Waals surface area contributed by atoms with E-state index in [0.717, 1.165) is 23.5 Å². The quantitative estimate of drug-likeness (QED) is 0.866. The van der Waals surface area contributed by atoms with Crippen molar-refractivity contribution in [3.05, 3.63) is 54.4 Å². The number of nitrogens with zero attached hydrogens (tertiary/aromatic N) is 3. The molecule has 21 heavy (non-hydrogen) atoms. The number of anilines is 1. The highest BCUT2D eigenvalue weighted by Crippen LogP contribution is 2.23. The average molecular weight is 283 g/mol. The van der Waals surface area contributed by atoms with E-state index in [0.29, 0.717) is 13.1 Å². The molecule has 2 amide bonds. The van der Waals surface area contributed by atoms with Crippen molar-refractivity contribution in [1.82, 2.24) is 9.88 Å². The van der Waals surface area contributed by atoms with Crippen LogP contribution >= 0.6 is 0 Å². The molecular weight excluding hydrogens is 266 g/mol. The van der Waals surface area contributed by atoms with Gasteiger partial charge >= 0.3 is 6.03 Å². The van der Waals surface area contributed by atoms with Crippen LogP contribution in [-0.4, -0.2) is 36.1 Å². The summed E-state index contributed by atoms with van der Waals surface area (Å²) < 4.78 is 5.14. The van der Waals surface area contributed by atoms with Crippen LogP contribution in [0.3, 0.4) is 0 Å². The van der Waals surface area contributed by atoms with Crippen molar-refractivity contribution < 1.29 is 9.53 Å². The minimum absolute atomic E-state index is 0.0315. The van der Waals surface area contributed by atoms with Crippen molar-refractivity contribution in [2.45, 2.75) is 6.54 Å². The van der Waals surface area contributed by atoms with E-state index in [1.54, 1.807) is 24.4 Å². The summed E-state index contributed by atoms with van der Waals surface area (Å²) in [6.45, 7) is 2.02. The Labute approximate surface area is 123 Å². The number of hydrogen-bond donors (Lipinski definition) is 0. The second-order valence-electron chi connectivity index (χ2n) is 4.92. The Kier molecular flexibility index (Phi) is 3.73. The van der Waals surface area contributed by atoms with E-state index in [2.05, 4.69) is 4.98 Å². The largest absolute Gasteiger partial charge is 0.497 e. The molecule has 5 nitrogen and oxygen atoms in total. The fourth-order valence-electron chi connectivity index (χ4n) is 2.44. The highest BCUT2D eigenvalue weighted by atomic mass is 16.5. The summed E-state index contributed by atoms with van der Waals surface area (Å²) in [5, 5.41) is 0. The molecule has 2 aromatic rings. The minimum atomic E-state index is 0.0315. The molecule has 0 aliphatic carbocycles. The number of amides is 2. The molecule has 1 fully saturated rings. The fraction of sp³-hybridized carbons (Fsp3) is 0.250. The van der Waals surface area contributed by atoms with Crippen molar-refractivity contribution >= 4 is 11.7 Å². The van der Waals surface area contributed by atoms with Gasteiger partial charge in [-0.2, -0.15) is 0 Å². The molecule has 1 aromatic carbocycles. The summed E-state index contributed by atoms with van der Waals surface area (Å²) in [5.74, 6) is 0.789. The summed E-state index contributed by atoms with van der Waals surface area (Å²) in [7, 11) is 1.63. The van der Waals surface area contributed by atoms with Gasteiger partial charge in [0.25, 0.3) is 0 Å². The first-order valence-electron chi connectivity index (χ1n) is 6.87. The predicted molar refractivity (Wildman–Crippen MR) is 80.4 cm³/mol. The van der Waals surface area contributed by atoms with Crippen LogP contribution in [0.1, 0.15) is 5.56 Å². The number of carbonyl (C=O) groups excluding carboxylic acids is 1. The van der Waals surface area contributed by atoms with Gasteiger partial charge in [0.15, 0.2) is 0 Å². The molecule has 0 atom stereocenters. The number of ether oxygens (including phenoxy) is 1. The van der Waals surface area contributed by atoms with Gasteiger partial charge in [-0.05, 0) is 35.9 Å². The van der Waals surface area contributed by atoms with Crippen LogP contribution in [0.15, 0.2) is 48.8 Å². The molecule has 0 bridgehead atoms. The van der Waals surface area contributed by atoms with Crippen LogP contribution in [0.5, 0.6) is 5.75 Å². The third-order valence-corrected chi connectivity index (χ3v) is 3.58. The van der Waals surface area contributed by atoms with Crippen LogP contribution in [0.4, 0.5) is 10.5 Å². The lowest BCUT2D eigenvalue weighted by Gasteiger charge is -2.18. The van der Waals surface area contributed by atoms with Crippen molar-refractivity contribution in [3.63, 3.8) is 0 Å². The van der Waals surface area contributed by atoms with E-state index in [1.165, 1.54) is 0 Å². The molecule has 0 spiro atoms. The minimum Gasteiger partial charge on any atom is -0.497 e. The molecule has 1 aromatic heterocycles. The van der Waals surface area contributed by atoms with E-state index in [1.807, 2.05) is 41.3 Å². The van der Waals surface area contributed by atoms with Crippen molar-refractivity contribution in [2.75, 3.05) is 25.1 Å². The van der Waals surface area contributed by atoms with Crippen molar-refractivity contribution in [1.29, 1.82) is 0 Å². The first kappa shape index (κ1) is 13.4. The van der Waals surface area contributed by atoms with Gasteiger partial charge in [-0.1, -0.05) is 6.07 Å². The maximum absolute atomic E-state index is 12.5. The highest BCUT2D eigenvalue weighted by Gasteiger charge is 2.29. The van der Waals surface area contributed by atoms with Gasteiger partial charge in [-0.3, -0.25) is 9.88 Å². The van der Waals surface area contributed by atoms with Gasteiger partial charge in [-0.25, -0.2) is 4.79 Å². The Morgan fingerprint density at radius 1 is 1.19 bits per heavy atom. The van der Waals surface area contributed by atoms with E-state index < -0.39 is 0 Å². The molecule has 1 aliphatic rings. The van der Waals surface area contributed by atoms with Crippen LogP contribution in [0, 0.1) is 0 Å². The smallest absolute Gasteiger partial charge is 0.324 e. The Hall–Kier alpha value is -2.56. The molecule has 0 saturated carbocycles. The van der Waals surface area contributed by atoms with Crippen molar-refractivity contribution in [2.24, 2.45) is 0 Å². The van der Waals surface area contributed by atoms with E-state index in [4.69, 9.17) is 4.74 Å². The number of rotatable bonds is 4. The zero-order valence-corrected chi connectivity index (χ0v) is 11.9. The number of aromatic nitrogens is 1. The molecule has 2 heterocycles. The van der Waals surface area contributed by atoms with Gasteiger partial charge in [0, 0.05) is 37.7 Å². The predicted octanol–water partition coefficient (Wildman–Crippen LogP) is 2.53. The average Bonchev–Trinajstić information content (AvgIpc) is 2.89. The van der Waals surface area contributed by atoms with Gasteiger partial charge in [0.1, 0.15) is 5.75 Å². The summed E-state index contributed by atoms with van der Waals surface area (Å²) in [6.07, 6.45) is 3.53. The van der Waals surface area contributed by atoms with Crippen LogP contribution in [-0.2, 0) is 6.54 Å². The van der Waals surface area contributed by atoms with E-state index >= 15 is 0 Å². The first-order valence-corrected chi connectivity index (χ1v) is 6.87. The molecule has 1 saturated heterocycles. The monoisotopic (exact) mass is 283 g/mol. The number of methoxy groups -OCH3 is 1. The Balaban J connectivity index is 1.71. The molecule has 108 valence electrons. The van der Waals surface area contributed by atoms with Gasteiger partial charge in [0.2, 0.25) is 0 Å². The van der Waals surface area contributed by atoms with Crippen LogP contribution < -0.4 is 9.64 Å². The first-order chi connectivity index (χ1) is 10.3. The van der Waals surface area contributed by atoms with Crippen molar-refractivity contribution in [3.8, 4) is 5.75 Å². The number of urea groups is 1. The zero-order valence-electron chi connectivity index (χ0n) is 11.9. The summed E-state index contributed by atoms with van der Waals surface area (Å²) in [4.78, 5) is 20.2. The van der Waals surface area contributed by atoms with E-state index in [9.17, 15) is 4.79 Å². The summed E-state index contributed by atoms with van der Waals surface area (Å²) in [6, 6.07) is 11.4. The zero-order chi connectivity index (χ0) is 14.7. The summed E-state index contributed by atoms with van der Waals surface area (Å²) >= 11 is 0. The standard InChI is InChI=1S/C16H17N3O2/c1-21-15-6-4-14(5-7-15)19-10-9-18(16(19)20)12-13-3-2-8-17-11-13/h2-8,11H,9-10,12H2,1H3. The second kappa shape index (κ2) is 5.83. The lowest BCUT2D eigenvalue weighted by Crippen LogP contribution is -2.31. The molecule has 0 radical (unpaired) electrons. The Morgan fingerprint density at radius 2 is 2.00 bits per heavy atom. The highest BCUT2D eigenvalue weighted by molar-refractivity contribution is 5.94. The second-order valence-corrected chi connectivity index (χ2v) is 4.92.